The molecule has 0 radical (unpaired) electrons. The van der Waals surface area contributed by atoms with Gasteiger partial charge in [-0.05, 0) is 92.0 Å². The number of nitrogens with zero attached hydrogens (tertiary/aromatic N) is 3. The summed E-state index contributed by atoms with van der Waals surface area (Å²) in [5.74, 6) is 0.716. The Morgan fingerprint density at radius 3 is 1.95 bits per heavy atom. The van der Waals surface area contributed by atoms with Gasteiger partial charge >= 0.3 is 0 Å². The monoisotopic (exact) mass is 739 g/mol. The van der Waals surface area contributed by atoms with Crippen LogP contribution < -0.4 is 0 Å². The molecule has 272 valence electrons. The highest BCUT2D eigenvalue weighted by Crippen LogP contribution is 2.53. The van der Waals surface area contributed by atoms with Gasteiger partial charge in [-0.2, -0.15) is 0 Å². The molecule has 2 aromatic heterocycles. The first kappa shape index (κ1) is 32.8. The van der Waals surface area contributed by atoms with Crippen LogP contribution in [-0.4, -0.2) is 14.5 Å². The average Bonchev–Trinajstić information content (AvgIpc) is 3.72. The summed E-state index contributed by atoms with van der Waals surface area (Å²) < 4.78 is 2.48. The molecule has 0 fully saturated rings. The third-order valence-corrected chi connectivity index (χ3v) is 12.6. The molecule has 0 N–H and O–H groups in total. The van der Waals surface area contributed by atoms with E-state index in [0.29, 0.717) is 5.82 Å². The van der Waals surface area contributed by atoms with Gasteiger partial charge in [0.25, 0.3) is 0 Å². The minimum absolute atomic E-state index is 0.168. The third kappa shape index (κ3) is 4.74. The maximum atomic E-state index is 5.40. The van der Waals surface area contributed by atoms with Crippen LogP contribution in [0.15, 0.2) is 188 Å². The van der Waals surface area contributed by atoms with Crippen LogP contribution in [0.1, 0.15) is 25.0 Å². The van der Waals surface area contributed by atoms with E-state index in [2.05, 4.69) is 206 Å². The van der Waals surface area contributed by atoms with Crippen molar-refractivity contribution in [3.05, 3.63) is 199 Å². The molecule has 2 heterocycles. The molecule has 3 nitrogen and oxygen atoms in total. The van der Waals surface area contributed by atoms with E-state index in [-0.39, 0.29) is 5.41 Å². The van der Waals surface area contributed by atoms with Crippen molar-refractivity contribution in [2.24, 2.45) is 0 Å². The fourth-order valence-corrected chi connectivity index (χ4v) is 9.89. The Labute approximate surface area is 336 Å². The van der Waals surface area contributed by atoms with Crippen molar-refractivity contribution in [2.45, 2.75) is 19.3 Å². The largest absolute Gasteiger partial charge is 0.309 e. The standard InChI is InChI=1S/C55H37N3/c1-55(2)47-33-51-46(32-45(47)42-28-27-35-17-6-7-20-38(35)52(42)55)41-23-11-13-26-49(41)58(51)50-30-29-43(39-21-8-9-22-40(39)50)54-56-48-25-12-10-24-44(48)53(57-54)37-19-14-18-36(31-37)34-15-4-3-5-16-34/h3-33H,1-2H3. The molecule has 1 aliphatic carbocycles. The molecule has 0 amide bonds. The molecular formula is C55H37N3. The number of para-hydroxylation sites is 2. The number of benzene rings is 9. The van der Waals surface area contributed by atoms with Crippen LogP contribution in [-0.2, 0) is 5.41 Å². The highest BCUT2D eigenvalue weighted by Gasteiger charge is 2.38. The van der Waals surface area contributed by atoms with Crippen molar-refractivity contribution in [3.63, 3.8) is 0 Å². The molecule has 0 atom stereocenters. The van der Waals surface area contributed by atoms with E-state index in [9.17, 15) is 0 Å². The summed E-state index contributed by atoms with van der Waals surface area (Å²) in [5, 5.41) is 8.44. The Balaban J connectivity index is 1.07. The first-order chi connectivity index (χ1) is 28.5. The SMILES string of the molecule is CC1(C)c2cc3c(cc2-c2ccc4ccccc4c21)c1ccccc1n3-c1ccc(-c2nc(-c3cccc(-c4ccccc4)c3)c3ccccc3n2)c2ccccc12. The summed E-state index contributed by atoms with van der Waals surface area (Å²) in [6.07, 6.45) is 0. The zero-order chi connectivity index (χ0) is 38.5. The first-order valence-electron chi connectivity index (χ1n) is 20.1. The van der Waals surface area contributed by atoms with Crippen LogP contribution in [0.5, 0.6) is 0 Å². The predicted octanol–water partition coefficient (Wildman–Crippen LogP) is 14.3. The Kier molecular flexibility index (Phi) is 6.98. The van der Waals surface area contributed by atoms with Crippen LogP contribution >= 0.6 is 0 Å². The van der Waals surface area contributed by atoms with Gasteiger partial charge in [-0.15, -0.1) is 0 Å². The molecule has 0 saturated heterocycles. The van der Waals surface area contributed by atoms with Gasteiger partial charge in [0, 0.05) is 38.1 Å². The zero-order valence-corrected chi connectivity index (χ0v) is 32.2. The van der Waals surface area contributed by atoms with Gasteiger partial charge < -0.3 is 4.57 Å². The second kappa shape index (κ2) is 12.3. The second-order valence-electron chi connectivity index (χ2n) is 16.1. The van der Waals surface area contributed by atoms with Crippen molar-refractivity contribution >= 4 is 54.3 Å². The topological polar surface area (TPSA) is 30.7 Å². The maximum absolute atomic E-state index is 5.40. The van der Waals surface area contributed by atoms with Crippen LogP contribution in [0.4, 0.5) is 0 Å². The van der Waals surface area contributed by atoms with E-state index in [0.717, 1.165) is 49.7 Å². The first-order valence-corrected chi connectivity index (χ1v) is 20.1. The van der Waals surface area contributed by atoms with Crippen LogP contribution in [0.3, 0.4) is 0 Å². The number of hydrogen-bond donors (Lipinski definition) is 0. The highest BCUT2D eigenvalue weighted by molar-refractivity contribution is 6.14. The van der Waals surface area contributed by atoms with E-state index >= 15 is 0 Å². The lowest BCUT2D eigenvalue weighted by Gasteiger charge is -2.23. The molecule has 3 heteroatoms. The van der Waals surface area contributed by atoms with Gasteiger partial charge in [0.15, 0.2) is 5.82 Å². The highest BCUT2D eigenvalue weighted by atomic mass is 15.0. The summed E-state index contributed by atoms with van der Waals surface area (Å²) in [7, 11) is 0. The molecule has 12 rings (SSSR count). The molecule has 11 aromatic rings. The molecule has 58 heavy (non-hydrogen) atoms. The maximum Gasteiger partial charge on any atom is 0.161 e. The predicted molar refractivity (Wildman–Crippen MR) is 243 cm³/mol. The van der Waals surface area contributed by atoms with Crippen molar-refractivity contribution in [3.8, 4) is 50.6 Å². The molecule has 0 saturated carbocycles. The normalized spacial score (nSPS) is 13.1. The summed E-state index contributed by atoms with van der Waals surface area (Å²) in [6, 6.07) is 68.1. The minimum Gasteiger partial charge on any atom is -0.309 e. The summed E-state index contributed by atoms with van der Waals surface area (Å²) in [4.78, 5) is 10.6. The van der Waals surface area contributed by atoms with E-state index in [1.807, 2.05) is 0 Å². The van der Waals surface area contributed by atoms with Gasteiger partial charge in [-0.25, -0.2) is 9.97 Å². The van der Waals surface area contributed by atoms with Gasteiger partial charge in [0.2, 0.25) is 0 Å². The Morgan fingerprint density at radius 1 is 0.414 bits per heavy atom. The van der Waals surface area contributed by atoms with E-state index in [1.165, 1.54) is 60.4 Å². The smallest absolute Gasteiger partial charge is 0.161 e. The fourth-order valence-electron chi connectivity index (χ4n) is 9.89. The third-order valence-electron chi connectivity index (χ3n) is 12.6. The van der Waals surface area contributed by atoms with Crippen molar-refractivity contribution in [1.29, 1.82) is 0 Å². The van der Waals surface area contributed by atoms with Crippen molar-refractivity contribution < 1.29 is 0 Å². The molecule has 0 spiro atoms. The van der Waals surface area contributed by atoms with Crippen LogP contribution in [0.2, 0.25) is 0 Å². The molecule has 0 bridgehead atoms. The lowest BCUT2D eigenvalue weighted by Crippen LogP contribution is -2.15. The molecule has 1 aliphatic rings. The zero-order valence-electron chi connectivity index (χ0n) is 32.2. The Bertz CT molecular complexity index is 3480. The van der Waals surface area contributed by atoms with E-state index in [4.69, 9.17) is 9.97 Å². The lowest BCUT2D eigenvalue weighted by molar-refractivity contribution is 0.667. The molecule has 0 unspecified atom stereocenters. The average molecular weight is 740 g/mol. The fraction of sp³-hybridized carbons (Fsp3) is 0.0545. The second-order valence-corrected chi connectivity index (χ2v) is 16.1. The summed E-state index contributed by atoms with van der Waals surface area (Å²) in [5.41, 5.74) is 15.1. The molecule has 0 aliphatic heterocycles. The Hall–Kier alpha value is -7.36. The number of rotatable bonds is 4. The van der Waals surface area contributed by atoms with E-state index in [1.54, 1.807) is 0 Å². The Morgan fingerprint density at radius 2 is 1.09 bits per heavy atom. The van der Waals surface area contributed by atoms with Crippen LogP contribution in [0.25, 0.3) is 105 Å². The quantitative estimate of drug-likeness (QED) is 0.180. The van der Waals surface area contributed by atoms with E-state index < -0.39 is 0 Å². The molecular weight excluding hydrogens is 703 g/mol. The number of hydrogen-bond acceptors (Lipinski definition) is 2. The number of fused-ring (bicyclic) bond motifs is 10. The number of aromatic nitrogens is 3. The lowest BCUT2D eigenvalue weighted by atomic mass is 9.80. The van der Waals surface area contributed by atoms with Crippen molar-refractivity contribution in [2.75, 3.05) is 0 Å². The summed E-state index contributed by atoms with van der Waals surface area (Å²) >= 11 is 0. The van der Waals surface area contributed by atoms with Gasteiger partial charge in [0.1, 0.15) is 0 Å². The van der Waals surface area contributed by atoms with Gasteiger partial charge in [-0.3, -0.25) is 0 Å². The summed E-state index contributed by atoms with van der Waals surface area (Å²) in [6.45, 7) is 4.78. The van der Waals surface area contributed by atoms with Gasteiger partial charge in [-0.1, -0.05) is 159 Å². The molecule has 9 aromatic carbocycles. The van der Waals surface area contributed by atoms with Gasteiger partial charge in [0.05, 0.1) is 27.9 Å². The van der Waals surface area contributed by atoms with Crippen molar-refractivity contribution in [1.82, 2.24) is 14.5 Å². The minimum atomic E-state index is -0.168. The van der Waals surface area contributed by atoms with Crippen LogP contribution in [0, 0.1) is 0 Å².